The Kier molecular flexibility index (Phi) is 4.39. The van der Waals surface area contributed by atoms with Gasteiger partial charge in [0.15, 0.2) is 11.4 Å². The summed E-state index contributed by atoms with van der Waals surface area (Å²) in [6.07, 6.45) is 1.95. The largest absolute Gasteiger partial charge is 0.502 e. The Hall–Kier alpha value is -3.55. The summed E-state index contributed by atoms with van der Waals surface area (Å²) in [5.41, 5.74) is 1.81. The number of aryl methyl sites for hydroxylation is 1. The van der Waals surface area contributed by atoms with Gasteiger partial charge in [-0.3, -0.25) is 14.3 Å². The molecule has 6 nitrogen and oxygen atoms in total. The molecule has 2 aromatic carbocycles. The molecule has 31 heavy (non-hydrogen) atoms. The third-order valence-electron chi connectivity index (χ3n) is 6.27. The molecule has 2 atom stereocenters. The quantitative estimate of drug-likeness (QED) is 0.653. The Morgan fingerprint density at radius 3 is 2.71 bits per heavy atom. The van der Waals surface area contributed by atoms with Gasteiger partial charge in [0.1, 0.15) is 11.6 Å². The molecule has 0 bridgehead atoms. The van der Waals surface area contributed by atoms with Crippen LogP contribution >= 0.6 is 0 Å². The average molecular weight is 423 g/mol. The topological polar surface area (TPSA) is 75.4 Å². The van der Waals surface area contributed by atoms with E-state index < -0.39 is 34.9 Å². The van der Waals surface area contributed by atoms with E-state index in [4.69, 9.17) is 0 Å². The van der Waals surface area contributed by atoms with Gasteiger partial charge in [0.05, 0.1) is 12.2 Å². The van der Waals surface area contributed by atoms with Gasteiger partial charge in [-0.1, -0.05) is 18.2 Å². The zero-order valence-corrected chi connectivity index (χ0v) is 16.7. The normalized spacial score (nSPS) is 20.0. The van der Waals surface area contributed by atoms with Gasteiger partial charge in [-0.05, 0) is 53.3 Å². The van der Waals surface area contributed by atoms with E-state index in [-0.39, 0.29) is 18.1 Å². The lowest BCUT2D eigenvalue weighted by molar-refractivity contribution is 0.0686. The van der Waals surface area contributed by atoms with Crippen molar-refractivity contribution < 1.29 is 18.7 Å². The monoisotopic (exact) mass is 423 g/mol. The Bertz CT molecular complexity index is 1290. The molecule has 2 heterocycles. The van der Waals surface area contributed by atoms with Crippen LogP contribution in [0.3, 0.4) is 0 Å². The molecule has 8 heteroatoms. The number of nitrogens with zero attached hydrogens (tertiary/aromatic N) is 3. The second kappa shape index (κ2) is 7.01. The van der Waals surface area contributed by atoms with E-state index in [0.29, 0.717) is 29.5 Å². The van der Waals surface area contributed by atoms with Crippen molar-refractivity contribution in [1.82, 2.24) is 14.7 Å². The molecule has 158 valence electrons. The summed E-state index contributed by atoms with van der Waals surface area (Å²) in [5, 5.41) is 14.5. The predicted molar refractivity (Wildman–Crippen MR) is 108 cm³/mol. The summed E-state index contributed by atoms with van der Waals surface area (Å²) >= 11 is 0. The van der Waals surface area contributed by atoms with Crippen molar-refractivity contribution in [2.24, 2.45) is 0 Å². The van der Waals surface area contributed by atoms with Crippen LogP contribution in [-0.4, -0.2) is 39.3 Å². The lowest BCUT2D eigenvalue weighted by atomic mass is 9.81. The molecule has 1 aliphatic heterocycles. The first-order chi connectivity index (χ1) is 14.9. The molecule has 0 saturated carbocycles. The molecule has 0 radical (unpaired) electrons. The van der Waals surface area contributed by atoms with Gasteiger partial charge < -0.3 is 10.0 Å². The van der Waals surface area contributed by atoms with E-state index in [1.807, 2.05) is 6.07 Å². The van der Waals surface area contributed by atoms with Gasteiger partial charge in [0, 0.05) is 19.5 Å². The Balaban J connectivity index is 1.82. The number of benzene rings is 2. The summed E-state index contributed by atoms with van der Waals surface area (Å²) < 4.78 is 30.5. The van der Waals surface area contributed by atoms with Gasteiger partial charge in [-0.25, -0.2) is 8.78 Å². The molecule has 3 aromatic rings. The molecule has 0 fully saturated rings. The van der Waals surface area contributed by atoms with Crippen molar-refractivity contribution in [2.75, 3.05) is 13.6 Å². The minimum atomic E-state index is -0.757. The maximum Gasteiger partial charge on any atom is 0.275 e. The van der Waals surface area contributed by atoms with Crippen molar-refractivity contribution in [1.29, 1.82) is 0 Å². The fraction of sp³-hybridized carbons (Fsp3) is 0.261. The standard InChI is InChI=1S/C23H19F2N3O3/c1-27-11-18(28-21(23(27)31)22(30)19(29)10-26-28)20-15-3-2-4-17(25)14(15)8-6-12-5-7-13(24)9-16(12)20/h2-5,7,9-10,18,20,30H,6,8,11H2,1H3/t18-,20-/m0/s1. The third-order valence-corrected chi connectivity index (χ3v) is 6.27. The second-order valence-electron chi connectivity index (χ2n) is 8.03. The highest BCUT2D eigenvalue weighted by atomic mass is 19.1. The van der Waals surface area contributed by atoms with Crippen LogP contribution in [0.15, 0.2) is 47.4 Å². The molecule has 2 aliphatic rings. The minimum absolute atomic E-state index is 0.192. The number of hydrogen-bond donors (Lipinski definition) is 1. The number of amides is 1. The number of likely N-dealkylation sites (N-methyl/N-ethyl adjacent to an activating group) is 1. The lowest BCUT2D eigenvalue weighted by Crippen LogP contribution is -2.45. The van der Waals surface area contributed by atoms with Crippen molar-refractivity contribution in [3.8, 4) is 5.75 Å². The first-order valence-electron chi connectivity index (χ1n) is 9.98. The molecule has 0 unspecified atom stereocenters. The Labute approximate surface area is 176 Å². The van der Waals surface area contributed by atoms with Crippen LogP contribution in [0.1, 0.15) is 44.7 Å². The van der Waals surface area contributed by atoms with E-state index >= 15 is 0 Å². The summed E-state index contributed by atoms with van der Waals surface area (Å²) in [6.45, 7) is 0.192. The first-order valence-corrected chi connectivity index (χ1v) is 9.98. The van der Waals surface area contributed by atoms with Crippen LogP contribution in [0.25, 0.3) is 0 Å². The highest BCUT2D eigenvalue weighted by molar-refractivity contribution is 5.95. The smallest absolute Gasteiger partial charge is 0.275 e. The fourth-order valence-corrected chi connectivity index (χ4v) is 4.83. The number of carbonyl (C=O) groups is 1. The van der Waals surface area contributed by atoms with Gasteiger partial charge in [-0.2, -0.15) is 5.10 Å². The van der Waals surface area contributed by atoms with Crippen molar-refractivity contribution in [3.63, 3.8) is 0 Å². The van der Waals surface area contributed by atoms with Crippen LogP contribution in [0.2, 0.25) is 0 Å². The number of halogens is 2. The first kappa shape index (κ1) is 19.4. The maximum absolute atomic E-state index is 14.8. The third kappa shape index (κ3) is 2.93. The van der Waals surface area contributed by atoms with Crippen molar-refractivity contribution >= 4 is 5.91 Å². The van der Waals surface area contributed by atoms with Gasteiger partial charge in [0.2, 0.25) is 5.43 Å². The molecule has 0 saturated heterocycles. The second-order valence-corrected chi connectivity index (χ2v) is 8.03. The van der Waals surface area contributed by atoms with Crippen LogP contribution in [0, 0.1) is 11.6 Å². The van der Waals surface area contributed by atoms with Gasteiger partial charge in [-0.15, -0.1) is 0 Å². The predicted octanol–water partition coefficient (Wildman–Crippen LogP) is 2.78. The molecule has 1 aliphatic carbocycles. The molecule has 1 N–H and O–H groups in total. The number of aromatic hydroxyl groups is 1. The van der Waals surface area contributed by atoms with E-state index in [1.54, 1.807) is 19.2 Å². The molecule has 1 aromatic heterocycles. The van der Waals surface area contributed by atoms with Crippen LogP contribution in [-0.2, 0) is 12.8 Å². The molecule has 1 amide bonds. The number of carbonyl (C=O) groups excluding carboxylic acids is 1. The fourth-order valence-electron chi connectivity index (χ4n) is 4.83. The van der Waals surface area contributed by atoms with Crippen molar-refractivity contribution in [2.45, 2.75) is 24.8 Å². The minimum Gasteiger partial charge on any atom is -0.502 e. The lowest BCUT2D eigenvalue weighted by Gasteiger charge is -2.38. The Morgan fingerprint density at radius 1 is 1.10 bits per heavy atom. The van der Waals surface area contributed by atoms with Crippen molar-refractivity contribution in [3.05, 3.63) is 92.4 Å². The molecule has 0 spiro atoms. The number of rotatable bonds is 1. The van der Waals surface area contributed by atoms with E-state index in [0.717, 1.165) is 11.8 Å². The number of hydrogen-bond acceptors (Lipinski definition) is 4. The van der Waals surface area contributed by atoms with Crippen LogP contribution < -0.4 is 5.43 Å². The molecular formula is C23H19F2N3O3. The highest BCUT2D eigenvalue weighted by Gasteiger charge is 2.40. The van der Waals surface area contributed by atoms with E-state index in [1.165, 1.54) is 27.8 Å². The Morgan fingerprint density at radius 2 is 1.90 bits per heavy atom. The summed E-state index contributed by atoms with van der Waals surface area (Å²) in [6, 6.07) is 8.77. The highest BCUT2D eigenvalue weighted by Crippen LogP contribution is 2.44. The number of aromatic nitrogens is 2. The zero-order valence-electron chi connectivity index (χ0n) is 16.7. The summed E-state index contributed by atoms with van der Waals surface area (Å²) in [5.74, 6) is -2.51. The van der Waals surface area contributed by atoms with Gasteiger partial charge >= 0.3 is 0 Å². The summed E-state index contributed by atoms with van der Waals surface area (Å²) in [7, 11) is 1.56. The SMILES string of the molecule is CN1C[C@@H]([C@@H]2c3cc(F)ccc3CCc3c(F)cccc32)n2ncc(=O)c(O)c2C1=O. The van der Waals surface area contributed by atoms with Crippen LogP contribution in [0.5, 0.6) is 5.75 Å². The summed E-state index contributed by atoms with van der Waals surface area (Å²) in [4.78, 5) is 26.1. The average Bonchev–Trinajstić information content (AvgIpc) is 2.90. The molecular weight excluding hydrogens is 404 g/mol. The van der Waals surface area contributed by atoms with Crippen LogP contribution in [0.4, 0.5) is 8.78 Å². The van der Waals surface area contributed by atoms with E-state index in [9.17, 15) is 23.5 Å². The van der Waals surface area contributed by atoms with E-state index in [2.05, 4.69) is 5.10 Å². The zero-order chi connectivity index (χ0) is 21.9. The maximum atomic E-state index is 14.8. The number of fused-ring (bicyclic) bond motifs is 3. The van der Waals surface area contributed by atoms with Gasteiger partial charge in [0.25, 0.3) is 5.91 Å². The molecule has 5 rings (SSSR count).